The molecule has 0 fully saturated rings. The Bertz CT molecular complexity index is 557. The largest absolute Gasteiger partial charge is 0.306 e. The molecule has 0 spiro atoms. The minimum absolute atomic E-state index is 0.356. The first-order valence-electron chi connectivity index (χ1n) is 6.64. The topological polar surface area (TPSA) is 12.0 Å². The van der Waals surface area contributed by atoms with Crippen molar-refractivity contribution in [1.29, 1.82) is 0 Å². The fourth-order valence-corrected chi connectivity index (χ4v) is 2.79. The molecule has 1 heteroatoms. The van der Waals surface area contributed by atoms with Crippen LogP contribution in [0.4, 0.5) is 0 Å². The highest BCUT2D eigenvalue weighted by atomic mass is 14.9. The van der Waals surface area contributed by atoms with Crippen molar-refractivity contribution >= 4 is 0 Å². The summed E-state index contributed by atoms with van der Waals surface area (Å²) >= 11 is 0. The second kappa shape index (κ2) is 4.58. The van der Waals surface area contributed by atoms with Crippen LogP contribution in [0.3, 0.4) is 0 Å². The summed E-state index contributed by atoms with van der Waals surface area (Å²) in [5.41, 5.74) is 7.11. The Balaban J connectivity index is 2.09. The number of nitrogens with one attached hydrogen (secondary N) is 1. The zero-order valence-electron chi connectivity index (χ0n) is 11.0. The van der Waals surface area contributed by atoms with Gasteiger partial charge in [0.15, 0.2) is 0 Å². The van der Waals surface area contributed by atoms with E-state index in [4.69, 9.17) is 0 Å². The third kappa shape index (κ3) is 1.95. The van der Waals surface area contributed by atoms with Gasteiger partial charge in [0.25, 0.3) is 0 Å². The number of rotatable bonds is 1. The van der Waals surface area contributed by atoms with Gasteiger partial charge in [-0.15, -0.1) is 0 Å². The smallest absolute Gasteiger partial charge is 0.0579 e. The summed E-state index contributed by atoms with van der Waals surface area (Å²) in [5.74, 6) is 0. The summed E-state index contributed by atoms with van der Waals surface area (Å²) in [6, 6.07) is 15.8. The number of hydrogen-bond donors (Lipinski definition) is 1. The Kier molecular flexibility index (Phi) is 2.92. The predicted molar refractivity (Wildman–Crippen MR) is 75.9 cm³/mol. The zero-order chi connectivity index (χ0) is 12.5. The molecule has 1 aliphatic heterocycles. The van der Waals surface area contributed by atoms with Crippen molar-refractivity contribution in [2.24, 2.45) is 0 Å². The molecule has 18 heavy (non-hydrogen) atoms. The second-order valence-corrected chi connectivity index (χ2v) is 5.18. The highest BCUT2D eigenvalue weighted by Crippen LogP contribution is 2.30. The normalized spacial score (nSPS) is 18.4. The predicted octanol–water partition coefficient (Wildman–Crippen LogP) is 3.54. The van der Waals surface area contributed by atoms with Crippen LogP contribution in [0.15, 0.2) is 42.5 Å². The van der Waals surface area contributed by atoms with E-state index in [-0.39, 0.29) is 0 Å². The third-order valence-corrected chi connectivity index (χ3v) is 3.94. The fourth-order valence-electron chi connectivity index (χ4n) is 2.79. The van der Waals surface area contributed by atoms with Crippen molar-refractivity contribution in [2.75, 3.05) is 6.54 Å². The van der Waals surface area contributed by atoms with Gasteiger partial charge < -0.3 is 5.32 Å². The van der Waals surface area contributed by atoms with Crippen LogP contribution in [-0.4, -0.2) is 6.54 Å². The van der Waals surface area contributed by atoms with E-state index in [2.05, 4.69) is 61.6 Å². The molecule has 1 heterocycles. The van der Waals surface area contributed by atoms with Crippen molar-refractivity contribution in [1.82, 2.24) is 5.32 Å². The van der Waals surface area contributed by atoms with Crippen LogP contribution in [0, 0.1) is 13.8 Å². The molecule has 1 aliphatic rings. The van der Waals surface area contributed by atoms with E-state index in [9.17, 15) is 0 Å². The Morgan fingerprint density at radius 2 is 1.72 bits per heavy atom. The summed E-state index contributed by atoms with van der Waals surface area (Å²) < 4.78 is 0. The van der Waals surface area contributed by atoms with Crippen molar-refractivity contribution in [3.8, 4) is 0 Å². The average Bonchev–Trinajstić information content (AvgIpc) is 2.40. The van der Waals surface area contributed by atoms with Gasteiger partial charge in [-0.2, -0.15) is 0 Å². The van der Waals surface area contributed by atoms with Gasteiger partial charge in [-0.05, 0) is 48.1 Å². The minimum atomic E-state index is 0.356. The molecule has 1 nitrogen and oxygen atoms in total. The van der Waals surface area contributed by atoms with Gasteiger partial charge in [-0.1, -0.05) is 42.5 Å². The molecular weight excluding hydrogens is 218 g/mol. The maximum Gasteiger partial charge on any atom is 0.0579 e. The first-order chi connectivity index (χ1) is 8.75. The summed E-state index contributed by atoms with van der Waals surface area (Å²) in [6.07, 6.45) is 1.14. The van der Waals surface area contributed by atoms with Crippen LogP contribution >= 0.6 is 0 Å². The monoisotopic (exact) mass is 237 g/mol. The van der Waals surface area contributed by atoms with Crippen LogP contribution in [-0.2, 0) is 6.42 Å². The van der Waals surface area contributed by atoms with Gasteiger partial charge in [0.05, 0.1) is 6.04 Å². The molecule has 1 N–H and O–H groups in total. The molecule has 1 atom stereocenters. The SMILES string of the molecule is Cc1cc2c(cc1C)C(c1ccccc1)NCC2. The molecule has 0 saturated heterocycles. The Morgan fingerprint density at radius 1 is 1.00 bits per heavy atom. The molecule has 2 aromatic carbocycles. The van der Waals surface area contributed by atoms with Crippen molar-refractivity contribution < 1.29 is 0 Å². The van der Waals surface area contributed by atoms with Gasteiger partial charge in [0.1, 0.15) is 0 Å². The second-order valence-electron chi connectivity index (χ2n) is 5.18. The van der Waals surface area contributed by atoms with E-state index in [0.29, 0.717) is 6.04 Å². The lowest BCUT2D eigenvalue weighted by atomic mass is 9.87. The number of fused-ring (bicyclic) bond motifs is 1. The van der Waals surface area contributed by atoms with Crippen molar-refractivity contribution in [3.63, 3.8) is 0 Å². The maximum absolute atomic E-state index is 3.64. The molecule has 92 valence electrons. The molecule has 1 unspecified atom stereocenters. The highest BCUT2D eigenvalue weighted by molar-refractivity contribution is 5.44. The molecule has 0 aromatic heterocycles. The summed E-state index contributed by atoms with van der Waals surface area (Å²) in [7, 11) is 0. The van der Waals surface area contributed by atoms with Gasteiger partial charge in [-0.25, -0.2) is 0 Å². The summed E-state index contributed by atoms with van der Waals surface area (Å²) in [4.78, 5) is 0. The van der Waals surface area contributed by atoms with Crippen LogP contribution in [0.25, 0.3) is 0 Å². The first kappa shape index (κ1) is 11.5. The molecule has 0 radical (unpaired) electrons. The molecule has 0 aliphatic carbocycles. The lowest BCUT2D eigenvalue weighted by Gasteiger charge is -2.28. The zero-order valence-corrected chi connectivity index (χ0v) is 11.0. The molecule has 0 saturated carbocycles. The Labute approximate surface area is 109 Å². The summed E-state index contributed by atoms with van der Waals surface area (Å²) in [5, 5.41) is 3.64. The van der Waals surface area contributed by atoms with Gasteiger partial charge in [0.2, 0.25) is 0 Å². The van der Waals surface area contributed by atoms with E-state index in [0.717, 1.165) is 13.0 Å². The third-order valence-electron chi connectivity index (χ3n) is 3.94. The van der Waals surface area contributed by atoms with Gasteiger partial charge >= 0.3 is 0 Å². The van der Waals surface area contributed by atoms with Gasteiger partial charge in [0, 0.05) is 6.54 Å². The van der Waals surface area contributed by atoms with Crippen LogP contribution in [0.1, 0.15) is 33.9 Å². The number of benzene rings is 2. The Hall–Kier alpha value is -1.60. The molecule has 0 amide bonds. The van der Waals surface area contributed by atoms with Crippen LogP contribution in [0.5, 0.6) is 0 Å². The van der Waals surface area contributed by atoms with Crippen LogP contribution in [0.2, 0.25) is 0 Å². The van der Waals surface area contributed by atoms with E-state index < -0.39 is 0 Å². The average molecular weight is 237 g/mol. The van der Waals surface area contributed by atoms with Crippen LogP contribution < -0.4 is 5.32 Å². The van der Waals surface area contributed by atoms with Crippen molar-refractivity contribution in [2.45, 2.75) is 26.3 Å². The maximum atomic E-state index is 3.64. The minimum Gasteiger partial charge on any atom is -0.306 e. The molecule has 0 bridgehead atoms. The summed E-state index contributed by atoms with van der Waals surface area (Å²) in [6.45, 7) is 5.47. The van der Waals surface area contributed by atoms with E-state index in [1.54, 1.807) is 0 Å². The highest BCUT2D eigenvalue weighted by Gasteiger charge is 2.21. The van der Waals surface area contributed by atoms with E-state index >= 15 is 0 Å². The first-order valence-corrected chi connectivity index (χ1v) is 6.64. The lowest BCUT2D eigenvalue weighted by molar-refractivity contribution is 0.567. The number of aryl methyl sites for hydroxylation is 2. The fraction of sp³-hybridized carbons (Fsp3) is 0.294. The lowest BCUT2D eigenvalue weighted by Crippen LogP contribution is -2.30. The van der Waals surface area contributed by atoms with E-state index in [1.165, 1.54) is 27.8 Å². The van der Waals surface area contributed by atoms with Gasteiger partial charge in [-0.3, -0.25) is 0 Å². The van der Waals surface area contributed by atoms with Crippen molar-refractivity contribution in [3.05, 3.63) is 70.3 Å². The molecule has 2 aromatic rings. The standard InChI is InChI=1S/C17H19N/c1-12-10-15-8-9-18-17(16(15)11-13(12)2)14-6-4-3-5-7-14/h3-7,10-11,17-18H,8-9H2,1-2H3. The molecule has 3 rings (SSSR count). The quantitative estimate of drug-likeness (QED) is 0.800. The van der Waals surface area contributed by atoms with E-state index in [1.807, 2.05) is 0 Å². The number of hydrogen-bond acceptors (Lipinski definition) is 1. The molecular formula is C17H19N. The Morgan fingerprint density at radius 3 is 2.50 bits per heavy atom.